The maximum Gasteiger partial charge on any atom is 0.237 e. The minimum atomic E-state index is -0.380. The lowest BCUT2D eigenvalue weighted by molar-refractivity contribution is -0.129. The molecule has 0 aromatic carbocycles. The van der Waals surface area contributed by atoms with Crippen molar-refractivity contribution in [2.24, 2.45) is 5.73 Å². The second-order valence-electron chi connectivity index (χ2n) is 5.99. The third-order valence-corrected chi connectivity index (χ3v) is 4.10. The van der Waals surface area contributed by atoms with Gasteiger partial charge in [-0.25, -0.2) is 0 Å². The first-order chi connectivity index (χ1) is 9.95. The van der Waals surface area contributed by atoms with Gasteiger partial charge in [-0.05, 0) is 46.2 Å². The van der Waals surface area contributed by atoms with E-state index in [9.17, 15) is 9.59 Å². The third kappa shape index (κ3) is 6.01. The van der Waals surface area contributed by atoms with E-state index in [4.69, 9.17) is 5.73 Å². The Labute approximate surface area is 127 Å². The quantitative estimate of drug-likeness (QED) is 0.598. The number of nitrogens with one attached hydrogen (secondary N) is 2. The summed E-state index contributed by atoms with van der Waals surface area (Å²) in [5.41, 5.74) is 5.36. The molecular formula is C15H30N4O2. The molecule has 6 nitrogen and oxygen atoms in total. The van der Waals surface area contributed by atoms with Crippen LogP contribution in [0.5, 0.6) is 0 Å². The summed E-state index contributed by atoms with van der Waals surface area (Å²) in [6.45, 7) is 7.94. The number of rotatable bonds is 8. The number of nitrogens with zero attached hydrogens (tertiary/aromatic N) is 1. The van der Waals surface area contributed by atoms with Crippen molar-refractivity contribution >= 4 is 11.8 Å². The number of primary amides is 1. The van der Waals surface area contributed by atoms with Gasteiger partial charge in [-0.1, -0.05) is 13.3 Å². The topological polar surface area (TPSA) is 87.5 Å². The highest BCUT2D eigenvalue weighted by atomic mass is 16.2. The minimum absolute atomic E-state index is 0.0178. The normalized spacial score (nSPS) is 19.2. The monoisotopic (exact) mass is 298 g/mol. The number of carbonyl (C=O) groups excluding carboxylic acids is 2. The van der Waals surface area contributed by atoms with Gasteiger partial charge in [-0.2, -0.15) is 0 Å². The summed E-state index contributed by atoms with van der Waals surface area (Å²) >= 11 is 0. The van der Waals surface area contributed by atoms with Crippen molar-refractivity contribution in [1.29, 1.82) is 0 Å². The molecule has 0 aromatic rings. The molecule has 2 unspecified atom stereocenters. The predicted octanol–water partition coefficient (Wildman–Crippen LogP) is 0.219. The fraction of sp³-hybridized carbons (Fsp3) is 0.867. The zero-order valence-corrected chi connectivity index (χ0v) is 13.5. The molecule has 1 aliphatic heterocycles. The molecule has 0 saturated carbocycles. The standard InChI is InChI=1S/C15H30N4O2/c1-4-5-11(2)18-15(21)12(3)19(10-14(16)20)13-6-8-17-9-7-13/h11-13,17H,4-10H2,1-3H3,(H2,16,20)(H,18,21). The van der Waals surface area contributed by atoms with E-state index < -0.39 is 0 Å². The van der Waals surface area contributed by atoms with Crippen molar-refractivity contribution in [1.82, 2.24) is 15.5 Å². The number of nitrogens with two attached hydrogens (primary N) is 1. The molecule has 1 heterocycles. The first-order valence-corrected chi connectivity index (χ1v) is 8.00. The Morgan fingerprint density at radius 3 is 2.48 bits per heavy atom. The number of hydrogen-bond donors (Lipinski definition) is 3. The minimum Gasteiger partial charge on any atom is -0.369 e. The Hall–Kier alpha value is -1.14. The largest absolute Gasteiger partial charge is 0.369 e. The molecule has 2 amide bonds. The SMILES string of the molecule is CCCC(C)NC(=O)C(C)N(CC(N)=O)C1CCNCC1. The number of carbonyl (C=O) groups is 2. The van der Waals surface area contributed by atoms with Gasteiger partial charge < -0.3 is 16.4 Å². The fourth-order valence-electron chi connectivity index (χ4n) is 2.92. The zero-order valence-electron chi connectivity index (χ0n) is 13.5. The molecule has 1 rings (SSSR count). The summed E-state index contributed by atoms with van der Waals surface area (Å²) in [6.07, 6.45) is 3.88. The summed E-state index contributed by atoms with van der Waals surface area (Å²) in [5, 5.41) is 6.32. The lowest BCUT2D eigenvalue weighted by Crippen LogP contribution is -2.55. The molecule has 1 saturated heterocycles. The lowest BCUT2D eigenvalue weighted by Gasteiger charge is -2.37. The van der Waals surface area contributed by atoms with Gasteiger partial charge in [0.15, 0.2) is 0 Å². The maximum absolute atomic E-state index is 12.4. The Morgan fingerprint density at radius 1 is 1.33 bits per heavy atom. The molecule has 21 heavy (non-hydrogen) atoms. The molecule has 4 N–H and O–H groups in total. The summed E-state index contributed by atoms with van der Waals surface area (Å²) < 4.78 is 0. The summed E-state index contributed by atoms with van der Waals surface area (Å²) in [7, 11) is 0. The molecule has 0 aliphatic carbocycles. The Morgan fingerprint density at radius 2 is 1.95 bits per heavy atom. The highest BCUT2D eigenvalue weighted by Crippen LogP contribution is 2.15. The van der Waals surface area contributed by atoms with Crippen LogP contribution in [0.1, 0.15) is 46.5 Å². The van der Waals surface area contributed by atoms with Crippen molar-refractivity contribution in [3.8, 4) is 0 Å². The number of piperidine rings is 1. The van der Waals surface area contributed by atoms with Gasteiger partial charge >= 0.3 is 0 Å². The molecule has 0 radical (unpaired) electrons. The van der Waals surface area contributed by atoms with Gasteiger partial charge in [-0.15, -0.1) is 0 Å². The lowest BCUT2D eigenvalue weighted by atomic mass is 10.0. The summed E-state index contributed by atoms with van der Waals surface area (Å²) in [6, 6.07) is 0.0642. The van der Waals surface area contributed by atoms with E-state index in [1.165, 1.54) is 0 Å². The highest BCUT2D eigenvalue weighted by Gasteiger charge is 2.30. The Kier molecular flexibility index (Phi) is 7.67. The van der Waals surface area contributed by atoms with Gasteiger partial charge in [-0.3, -0.25) is 14.5 Å². The molecule has 0 bridgehead atoms. The van der Waals surface area contributed by atoms with E-state index in [0.717, 1.165) is 38.8 Å². The van der Waals surface area contributed by atoms with Crippen LogP contribution < -0.4 is 16.4 Å². The van der Waals surface area contributed by atoms with E-state index in [0.29, 0.717) is 0 Å². The van der Waals surface area contributed by atoms with Crippen molar-refractivity contribution < 1.29 is 9.59 Å². The first kappa shape index (κ1) is 17.9. The van der Waals surface area contributed by atoms with Crippen molar-refractivity contribution in [3.05, 3.63) is 0 Å². The fourth-order valence-corrected chi connectivity index (χ4v) is 2.92. The molecular weight excluding hydrogens is 268 g/mol. The van der Waals surface area contributed by atoms with Crippen LogP contribution in [0, 0.1) is 0 Å². The van der Waals surface area contributed by atoms with Crippen LogP contribution in [0.2, 0.25) is 0 Å². The molecule has 1 aliphatic rings. The van der Waals surface area contributed by atoms with E-state index in [2.05, 4.69) is 17.6 Å². The highest BCUT2D eigenvalue weighted by molar-refractivity contribution is 5.83. The van der Waals surface area contributed by atoms with Gasteiger partial charge in [0.05, 0.1) is 12.6 Å². The van der Waals surface area contributed by atoms with Crippen LogP contribution >= 0.6 is 0 Å². The average molecular weight is 298 g/mol. The van der Waals surface area contributed by atoms with Crippen LogP contribution in [0.25, 0.3) is 0 Å². The third-order valence-electron chi connectivity index (χ3n) is 4.10. The van der Waals surface area contributed by atoms with Crippen LogP contribution in [-0.4, -0.2) is 54.5 Å². The van der Waals surface area contributed by atoms with Gasteiger partial charge in [0.1, 0.15) is 0 Å². The molecule has 122 valence electrons. The summed E-state index contributed by atoms with van der Waals surface area (Å²) in [4.78, 5) is 25.7. The molecule has 0 aromatic heterocycles. The average Bonchev–Trinajstić information content (AvgIpc) is 2.45. The van der Waals surface area contributed by atoms with E-state index in [1.54, 1.807) is 0 Å². The van der Waals surface area contributed by atoms with Crippen molar-refractivity contribution in [2.75, 3.05) is 19.6 Å². The van der Waals surface area contributed by atoms with Gasteiger partial charge in [0.25, 0.3) is 0 Å². The van der Waals surface area contributed by atoms with Crippen LogP contribution in [-0.2, 0) is 9.59 Å². The predicted molar refractivity (Wildman–Crippen MR) is 83.8 cm³/mol. The molecule has 1 fully saturated rings. The Balaban J connectivity index is 2.66. The number of hydrogen-bond acceptors (Lipinski definition) is 4. The van der Waals surface area contributed by atoms with Crippen molar-refractivity contribution in [2.45, 2.75) is 64.6 Å². The van der Waals surface area contributed by atoms with E-state index in [1.807, 2.05) is 18.7 Å². The second kappa shape index (κ2) is 9.00. The number of amides is 2. The molecule has 0 spiro atoms. The second-order valence-corrected chi connectivity index (χ2v) is 5.99. The van der Waals surface area contributed by atoms with Gasteiger partial charge in [0, 0.05) is 12.1 Å². The van der Waals surface area contributed by atoms with Crippen molar-refractivity contribution in [3.63, 3.8) is 0 Å². The smallest absolute Gasteiger partial charge is 0.237 e. The molecule has 6 heteroatoms. The summed E-state index contributed by atoms with van der Waals surface area (Å²) in [5.74, 6) is -0.398. The molecule has 2 atom stereocenters. The van der Waals surface area contributed by atoms with Gasteiger partial charge in [0.2, 0.25) is 11.8 Å². The van der Waals surface area contributed by atoms with E-state index in [-0.39, 0.29) is 36.5 Å². The Bertz CT molecular complexity index is 343. The maximum atomic E-state index is 12.4. The zero-order chi connectivity index (χ0) is 15.8. The van der Waals surface area contributed by atoms with E-state index >= 15 is 0 Å². The van der Waals surface area contributed by atoms with Crippen LogP contribution in [0.15, 0.2) is 0 Å². The van der Waals surface area contributed by atoms with Crippen LogP contribution in [0.4, 0.5) is 0 Å². The first-order valence-electron chi connectivity index (χ1n) is 8.00. The van der Waals surface area contributed by atoms with Crippen LogP contribution in [0.3, 0.4) is 0 Å².